The van der Waals surface area contributed by atoms with E-state index < -0.39 is 12.6 Å². The molecule has 148 valence electrons. The van der Waals surface area contributed by atoms with Gasteiger partial charge in [0, 0.05) is 23.4 Å². The van der Waals surface area contributed by atoms with Crippen molar-refractivity contribution in [3.63, 3.8) is 0 Å². The molecule has 0 heterocycles. The number of hydrogen-bond acceptors (Lipinski definition) is 4. The van der Waals surface area contributed by atoms with Crippen molar-refractivity contribution < 1.29 is 24.2 Å². The molecule has 28 heavy (non-hydrogen) atoms. The Bertz CT molecular complexity index is 860. The SMILES string of the molecule is Cc1cc(C(=O)Nc2ccc(OCC(=O)O)cc2)ccc1NC(=O)CC(C)C. The fraction of sp³-hybridized carbons (Fsp3) is 0.286. The molecule has 7 nitrogen and oxygen atoms in total. The number of hydrogen-bond donors (Lipinski definition) is 3. The summed E-state index contributed by atoms with van der Waals surface area (Å²) < 4.78 is 5.05. The molecule has 0 unspecified atom stereocenters. The van der Waals surface area contributed by atoms with Crippen molar-refractivity contribution in [2.45, 2.75) is 27.2 Å². The maximum Gasteiger partial charge on any atom is 0.341 e. The molecule has 2 aromatic carbocycles. The molecule has 2 rings (SSSR count). The first-order valence-corrected chi connectivity index (χ1v) is 8.91. The van der Waals surface area contributed by atoms with Gasteiger partial charge in [-0.1, -0.05) is 13.8 Å². The molecule has 0 bridgehead atoms. The topological polar surface area (TPSA) is 105 Å². The lowest BCUT2D eigenvalue weighted by atomic mass is 10.1. The molecule has 0 radical (unpaired) electrons. The monoisotopic (exact) mass is 384 g/mol. The molecule has 7 heteroatoms. The summed E-state index contributed by atoms with van der Waals surface area (Å²) in [6, 6.07) is 11.5. The Morgan fingerprint density at radius 3 is 2.29 bits per heavy atom. The number of carbonyl (C=O) groups excluding carboxylic acids is 2. The number of ether oxygens (including phenoxy) is 1. The third-order valence-electron chi connectivity index (χ3n) is 3.83. The highest BCUT2D eigenvalue weighted by molar-refractivity contribution is 6.05. The molecule has 0 fully saturated rings. The molecular formula is C21H24N2O5. The van der Waals surface area contributed by atoms with E-state index in [9.17, 15) is 14.4 Å². The molecule has 0 saturated carbocycles. The van der Waals surface area contributed by atoms with E-state index in [2.05, 4.69) is 10.6 Å². The van der Waals surface area contributed by atoms with Gasteiger partial charge in [-0.3, -0.25) is 9.59 Å². The van der Waals surface area contributed by atoms with Gasteiger partial charge in [0.2, 0.25) is 5.91 Å². The van der Waals surface area contributed by atoms with Crippen molar-refractivity contribution in [3.05, 3.63) is 53.6 Å². The smallest absolute Gasteiger partial charge is 0.341 e. The maximum atomic E-state index is 12.4. The van der Waals surface area contributed by atoms with Crippen LogP contribution >= 0.6 is 0 Å². The summed E-state index contributed by atoms with van der Waals surface area (Å²) in [5, 5.41) is 14.2. The van der Waals surface area contributed by atoms with Gasteiger partial charge >= 0.3 is 5.97 Å². The predicted molar refractivity (Wildman–Crippen MR) is 107 cm³/mol. The fourth-order valence-electron chi connectivity index (χ4n) is 2.50. The van der Waals surface area contributed by atoms with E-state index in [0.29, 0.717) is 29.1 Å². The minimum absolute atomic E-state index is 0.0551. The van der Waals surface area contributed by atoms with Crippen LogP contribution in [0, 0.1) is 12.8 Å². The summed E-state index contributed by atoms with van der Waals surface area (Å²) >= 11 is 0. The molecular weight excluding hydrogens is 360 g/mol. The maximum absolute atomic E-state index is 12.4. The Balaban J connectivity index is 1.99. The summed E-state index contributed by atoms with van der Waals surface area (Å²) in [6.07, 6.45) is 0.438. The number of carboxylic acid groups (broad SMARTS) is 1. The van der Waals surface area contributed by atoms with Gasteiger partial charge in [-0.15, -0.1) is 0 Å². The van der Waals surface area contributed by atoms with Gasteiger partial charge in [-0.25, -0.2) is 4.79 Å². The number of benzene rings is 2. The first-order chi connectivity index (χ1) is 13.2. The Morgan fingerprint density at radius 2 is 1.71 bits per heavy atom. The summed E-state index contributed by atoms with van der Waals surface area (Å²) in [5.41, 5.74) is 2.49. The van der Waals surface area contributed by atoms with E-state index in [0.717, 1.165) is 5.56 Å². The van der Waals surface area contributed by atoms with Gasteiger partial charge in [-0.05, 0) is 60.9 Å². The highest BCUT2D eigenvalue weighted by Crippen LogP contribution is 2.20. The fourth-order valence-corrected chi connectivity index (χ4v) is 2.50. The zero-order valence-electron chi connectivity index (χ0n) is 16.1. The summed E-state index contributed by atoms with van der Waals surface area (Å²) in [6.45, 7) is 5.36. The lowest BCUT2D eigenvalue weighted by Gasteiger charge is -2.12. The predicted octanol–water partition coefficient (Wildman–Crippen LogP) is 3.70. The summed E-state index contributed by atoms with van der Waals surface area (Å²) in [5.74, 6) is -0.733. The molecule has 0 aliphatic heterocycles. The number of aryl methyl sites for hydroxylation is 1. The van der Waals surface area contributed by atoms with Crippen LogP contribution < -0.4 is 15.4 Å². The van der Waals surface area contributed by atoms with E-state index >= 15 is 0 Å². The number of aliphatic carboxylic acids is 1. The molecule has 0 spiro atoms. The molecule has 2 aromatic rings. The van der Waals surface area contributed by atoms with Crippen molar-refractivity contribution in [2.24, 2.45) is 5.92 Å². The molecule has 0 atom stereocenters. The standard InChI is InChI=1S/C21H24N2O5/c1-13(2)10-19(24)23-18-9-4-15(11-14(18)3)21(27)22-16-5-7-17(8-6-16)28-12-20(25)26/h4-9,11,13H,10,12H2,1-3H3,(H,22,27)(H,23,24)(H,25,26). The van der Waals surface area contributed by atoms with Crippen molar-refractivity contribution in [1.29, 1.82) is 0 Å². The quantitative estimate of drug-likeness (QED) is 0.644. The van der Waals surface area contributed by atoms with Gasteiger partial charge in [0.25, 0.3) is 5.91 Å². The van der Waals surface area contributed by atoms with Gasteiger partial charge in [0.15, 0.2) is 6.61 Å². The van der Waals surface area contributed by atoms with Crippen LogP contribution in [0.4, 0.5) is 11.4 Å². The number of carbonyl (C=O) groups is 3. The lowest BCUT2D eigenvalue weighted by Crippen LogP contribution is -2.16. The third kappa shape index (κ3) is 6.42. The van der Waals surface area contributed by atoms with Crippen molar-refractivity contribution >= 4 is 29.2 Å². The van der Waals surface area contributed by atoms with E-state index in [4.69, 9.17) is 9.84 Å². The van der Waals surface area contributed by atoms with Gasteiger partial charge in [0.05, 0.1) is 0 Å². The number of amides is 2. The average molecular weight is 384 g/mol. The van der Waals surface area contributed by atoms with Gasteiger partial charge in [-0.2, -0.15) is 0 Å². The lowest BCUT2D eigenvalue weighted by molar-refractivity contribution is -0.139. The molecule has 0 aromatic heterocycles. The van der Waals surface area contributed by atoms with Crippen LogP contribution in [0.15, 0.2) is 42.5 Å². The first-order valence-electron chi connectivity index (χ1n) is 8.91. The van der Waals surface area contributed by atoms with Crippen LogP contribution in [-0.2, 0) is 9.59 Å². The minimum Gasteiger partial charge on any atom is -0.482 e. The summed E-state index contributed by atoms with van der Waals surface area (Å²) in [4.78, 5) is 34.8. The Labute approximate surface area is 163 Å². The van der Waals surface area contributed by atoms with E-state index in [1.807, 2.05) is 20.8 Å². The number of nitrogens with one attached hydrogen (secondary N) is 2. The van der Waals surface area contributed by atoms with Crippen LogP contribution in [0.25, 0.3) is 0 Å². The zero-order valence-corrected chi connectivity index (χ0v) is 16.1. The minimum atomic E-state index is -1.06. The first kappa shape index (κ1) is 21.0. The normalized spacial score (nSPS) is 10.4. The van der Waals surface area contributed by atoms with E-state index in [-0.39, 0.29) is 17.7 Å². The summed E-state index contributed by atoms with van der Waals surface area (Å²) in [7, 11) is 0. The van der Waals surface area contributed by atoms with Gasteiger partial charge < -0.3 is 20.5 Å². The van der Waals surface area contributed by atoms with Crippen LogP contribution in [0.2, 0.25) is 0 Å². The Morgan fingerprint density at radius 1 is 1.04 bits per heavy atom. The third-order valence-corrected chi connectivity index (χ3v) is 3.83. The Hall–Kier alpha value is -3.35. The van der Waals surface area contributed by atoms with Crippen molar-refractivity contribution in [3.8, 4) is 5.75 Å². The van der Waals surface area contributed by atoms with E-state index in [1.54, 1.807) is 42.5 Å². The van der Waals surface area contributed by atoms with Crippen LogP contribution in [0.1, 0.15) is 36.2 Å². The van der Waals surface area contributed by atoms with Crippen molar-refractivity contribution in [2.75, 3.05) is 17.2 Å². The Kier molecular flexibility index (Phi) is 7.14. The van der Waals surface area contributed by atoms with E-state index in [1.165, 1.54) is 0 Å². The second kappa shape index (κ2) is 9.55. The molecule has 2 amide bonds. The highest BCUT2D eigenvalue weighted by atomic mass is 16.5. The van der Waals surface area contributed by atoms with Crippen molar-refractivity contribution in [1.82, 2.24) is 0 Å². The molecule has 0 aliphatic carbocycles. The number of rotatable bonds is 8. The second-order valence-electron chi connectivity index (χ2n) is 6.84. The number of carboxylic acids is 1. The highest BCUT2D eigenvalue weighted by Gasteiger charge is 2.11. The van der Waals surface area contributed by atoms with Gasteiger partial charge in [0.1, 0.15) is 5.75 Å². The van der Waals surface area contributed by atoms with Crippen LogP contribution in [0.5, 0.6) is 5.75 Å². The largest absolute Gasteiger partial charge is 0.482 e. The molecule has 0 saturated heterocycles. The average Bonchev–Trinajstić information content (AvgIpc) is 2.62. The molecule has 0 aliphatic rings. The second-order valence-corrected chi connectivity index (χ2v) is 6.84. The molecule has 3 N–H and O–H groups in total. The van der Waals surface area contributed by atoms with Crippen LogP contribution in [-0.4, -0.2) is 29.5 Å². The van der Waals surface area contributed by atoms with Crippen LogP contribution in [0.3, 0.4) is 0 Å². The zero-order chi connectivity index (χ0) is 20.7. The number of anilines is 2.